The van der Waals surface area contributed by atoms with Gasteiger partial charge in [-0.25, -0.2) is 0 Å². The van der Waals surface area contributed by atoms with Crippen LogP contribution in [0.5, 0.6) is 0 Å². The van der Waals surface area contributed by atoms with Gasteiger partial charge < -0.3 is 15.4 Å². The number of carbonyl (C=O) groups is 2. The number of carbonyl (C=O) groups excluding carboxylic acids is 2. The van der Waals surface area contributed by atoms with Gasteiger partial charge >= 0.3 is 5.97 Å². The largest absolute Gasteiger partial charge is 0.465 e. The van der Waals surface area contributed by atoms with E-state index in [0.717, 1.165) is 19.3 Å². The van der Waals surface area contributed by atoms with E-state index < -0.39 is 5.54 Å². The Balaban J connectivity index is 2.66. The van der Waals surface area contributed by atoms with Crippen molar-refractivity contribution >= 4 is 11.9 Å². The average Bonchev–Trinajstić information content (AvgIpc) is 3.09. The highest BCUT2D eigenvalue weighted by Gasteiger charge is 2.40. The van der Waals surface area contributed by atoms with E-state index >= 15 is 0 Å². The predicted molar refractivity (Wildman–Crippen MR) is 68.9 cm³/mol. The highest BCUT2D eigenvalue weighted by Crippen LogP contribution is 2.29. The molecular formula is C13H24N2O3. The molecule has 1 rings (SSSR count). The third-order valence-corrected chi connectivity index (χ3v) is 3.11. The lowest BCUT2D eigenvalue weighted by Gasteiger charge is -2.31. The van der Waals surface area contributed by atoms with Crippen molar-refractivity contribution in [2.24, 2.45) is 5.73 Å². The van der Waals surface area contributed by atoms with Crippen molar-refractivity contribution in [2.75, 3.05) is 13.2 Å². The molecule has 0 aliphatic heterocycles. The van der Waals surface area contributed by atoms with Crippen LogP contribution in [0.4, 0.5) is 0 Å². The summed E-state index contributed by atoms with van der Waals surface area (Å²) in [7, 11) is 0. The van der Waals surface area contributed by atoms with E-state index in [0.29, 0.717) is 13.0 Å². The normalized spacial score (nSPS) is 18.0. The van der Waals surface area contributed by atoms with E-state index in [1.165, 1.54) is 0 Å². The van der Waals surface area contributed by atoms with Gasteiger partial charge in [0.05, 0.1) is 12.1 Å². The van der Waals surface area contributed by atoms with Crippen LogP contribution in [-0.4, -0.2) is 41.5 Å². The van der Waals surface area contributed by atoms with Crippen LogP contribution in [0.1, 0.15) is 46.5 Å². The van der Waals surface area contributed by atoms with E-state index in [9.17, 15) is 9.59 Å². The number of nitrogens with zero attached hydrogens (tertiary/aromatic N) is 1. The summed E-state index contributed by atoms with van der Waals surface area (Å²) in [5, 5.41) is 0. The summed E-state index contributed by atoms with van der Waals surface area (Å²) in [6.45, 7) is 5.84. The van der Waals surface area contributed by atoms with Gasteiger partial charge in [-0.05, 0) is 33.1 Å². The number of esters is 1. The van der Waals surface area contributed by atoms with Crippen molar-refractivity contribution < 1.29 is 14.3 Å². The van der Waals surface area contributed by atoms with Crippen LogP contribution in [0.3, 0.4) is 0 Å². The molecule has 18 heavy (non-hydrogen) atoms. The second kappa shape index (κ2) is 6.18. The van der Waals surface area contributed by atoms with Gasteiger partial charge in [0.2, 0.25) is 5.91 Å². The molecule has 0 aromatic carbocycles. The molecule has 0 spiro atoms. The molecule has 1 aliphatic rings. The van der Waals surface area contributed by atoms with Gasteiger partial charge in [0.15, 0.2) is 0 Å². The topological polar surface area (TPSA) is 72.6 Å². The van der Waals surface area contributed by atoms with Gasteiger partial charge in [-0.1, -0.05) is 13.3 Å². The summed E-state index contributed by atoms with van der Waals surface area (Å²) in [6.07, 6.45) is 3.37. The minimum atomic E-state index is -0.885. The van der Waals surface area contributed by atoms with E-state index in [4.69, 9.17) is 10.5 Å². The third kappa shape index (κ3) is 3.98. The molecule has 0 aromatic rings. The van der Waals surface area contributed by atoms with Crippen LogP contribution in [-0.2, 0) is 14.3 Å². The van der Waals surface area contributed by atoms with Crippen LogP contribution >= 0.6 is 0 Å². The van der Waals surface area contributed by atoms with E-state index in [1.54, 1.807) is 18.7 Å². The SMILES string of the molecule is CCCC(C)(N)C(=O)N(CC(=O)OCC)C1CC1. The zero-order valence-electron chi connectivity index (χ0n) is 11.6. The van der Waals surface area contributed by atoms with Crippen molar-refractivity contribution in [1.82, 2.24) is 4.90 Å². The molecule has 0 heterocycles. The number of rotatable bonds is 7. The fourth-order valence-electron chi connectivity index (χ4n) is 2.05. The molecule has 0 radical (unpaired) electrons. The Labute approximate surface area is 109 Å². The summed E-state index contributed by atoms with van der Waals surface area (Å²) >= 11 is 0. The molecule has 0 bridgehead atoms. The Kier molecular flexibility index (Phi) is 5.14. The van der Waals surface area contributed by atoms with Gasteiger partial charge in [-0.3, -0.25) is 9.59 Å². The summed E-state index contributed by atoms with van der Waals surface area (Å²) < 4.78 is 4.90. The Morgan fingerprint density at radius 2 is 2.00 bits per heavy atom. The minimum Gasteiger partial charge on any atom is -0.465 e. The van der Waals surface area contributed by atoms with Crippen LogP contribution in [0.25, 0.3) is 0 Å². The third-order valence-electron chi connectivity index (χ3n) is 3.11. The predicted octanol–water partition coefficient (Wildman–Crippen LogP) is 1.06. The number of nitrogens with two attached hydrogens (primary N) is 1. The average molecular weight is 256 g/mol. The zero-order chi connectivity index (χ0) is 13.8. The van der Waals surface area contributed by atoms with Crippen molar-refractivity contribution in [3.05, 3.63) is 0 Å². The Morgan fingerprint density at radius 3 is 2.44 bits per heavy atom. The molecule has 1 saturated carbocycles. The number of amides is 1. The number of hydrogen-bond acceptors (Lipinski definition) is 4. The fourth-order valence-corrected chi connectivity index (χ4v) is 2.05. The first-order chi connectivity index (χ1) is 8.42. The maximum Gasteiger partial charge on any atom is 0.325 e. The first kappa shape index (κ1) is 15.0. The molecule has 1 atom stereocenters. The summed E-state index contributed by atoms with van der Waals surface area (Å²) in [5.74, 6) is -0.495. The van der Waals surface area contributed by atoms with Crippen molar-refractivity contribution in [3.63, 3.8) is 0 Å². The van der Waals surface area contributed by atoms with Crippen molar-refractivity contribution in [3.8, 4) is 0 Å². The molecule has 1 aliphatic carbocycles. The summed E-state index contributed by atoms with van der Waals surface area (Å²) in [4.78, 5) is 25.5. The first-order valence-corrected chi connectivity index (χ1v) is 6.68. The van der Waals surface area contributed by atoms with Crippen LogP contribution in [0.2, 0.25) is 0 Å². The van der Waals surface area contributed by atoms with Gasteiger partial charge in [-0.2, -0.15) is 0 Å². The van der Waals surface area contributed by atoms with Gasteiger partial charge in [0.25, 0.3) is 0 Å². The Hall–Kier alpha value is -1.10. The van der Waals surface area contributed by atoms with E-state index in [1.807, 2.05) is 6.92 Å². The highest BCUT2D eigenvalue weighted by molar-refractivity contribution is 5.89. The monoisotopic (exact) mass is 256 g/mol. The van der Waals surface area contributed by atoms with Gasteiger partial charge in [0.1, 0.15) is 6.54 Å². The number of ether oxygens (including phenoxy) is 1. The van der Waals surface area contributed by atoms with Gasteiger partial charge in [0, 0.05) is 6.04 Å². The lowest BCUT2D eigenvalue weighted by Crippen LogP contribution is -2.55. The van der Waals surface area contributed by atoms with Crippen LogP contribution < -0.4 is 5.73 Å². The highest BCUT2D eigenvalue weighted by atomic mass is 16.5. The second-order valence-corrected chi connectivity index (χ2v) is 5.14. The molecule has 0 saturated heterocycles. The molecule has 5 heteroatoms. The molecule has 5 nitrogen and oxygen atoms in total. The molecule has 104 valence electrons. The molecule has 2 N–H and O–H groups in total. The maximum absolute atomic E-state index is 12.4. The lowest BCUT2D eigenvalue weighted by atomic mass is 9.95. The lowest BCUT2D eigenvalue weighted by molar-refractivity contribution is -0.151. The van der Waals surface area contributed by atoms with Crippen molar-refractivity contribution in [1.29, 1.82) is 0 Å². The fraction of sp³-hybridized carbons (Fsp3) is 0.846. The standard InChI is InChI=1S/C13H24N2O3/c1-4-8-13(3,14)12(17)15(10-6-7-10)9-11(16)18-5-2/h10H,4-9,14H2,1-3H3. The molecule has 1 fully saturated rings. The Bertz CT molecular complexity index is 311. The molecule has 0 aromatic heterocycles. The van der Waals surface area contributed by atoms with E-state index in [2.05, 4.69) is 0 Å². The summed E-state index contributed by atoms with van der Waals surface area (Å²) in [6, 6.07) is 0.168. The second-order valence-electron chi connectivity index (χ2n) is 5.14. The van der Waals surface area contributed by atoms with E-state index in [-0.39, 0.29) is 24.5 Å². The minimum absolute atomic E-state index is 0.0217. The molecular weight excluding hydrogens is 232 g/mol. The first-order valence-electron chi connectivity index (χ1n) is 6.68. The Morgan fingerprint density at radius 1 is 1.39 bits per heavy atom. The van der Waals surface area contributed by atoms with Crippen LogP contribution in [0, 0.1) is 0 Å². The smallest absolute Gasteiger partial charge is 0.325 e. The maximum atomic E-state index is 12.4. The molecule has 1 amide bonds. The van der Waals surface area contributed by atoms with Crippen LogP contribution in [0.15, 0.2) is 0 Å². The zero-order valence-corrected chi connectivity index (χ0v) is 11.6. The summed E-state index contributed by atoms with van der Waals surface area (Å²) in [5.41, 5.74) is 5.16. The van der Waals surface area contributed by atoms with Gasteiger partial charge in [-0.15, -0.1) is 0 Å². The molecule has 1 unspecified atom stereocenters. The number of hydrogen-bond donors (Lipinski definition) is 1. The van der Waals surface area contributed by atoms with Crippen molar-refractivity contribution in [2.45, 2.75) is 58.0 Å². The quantitative estimate of drug-likeness (QED) is 0.691.